The third-order valence-corrected chi connectivity index (χ3v) is 3.54. The molecule has 0 rings (SSSR count). The molecule has 0 heterocycles. The Kier molecular flexibility index (Phi) is 8.66. The summed E-state index contributed by atoms with van der Waals surface area (Å²) in [6.45, 7) is 7.27. The zero-order valence-corrected chi connectivity index (χ0v) is 13.0. The zero-order chi connectivity index (χ0) is 15.6. The molecule has 0 saturated carbocycles. The van der Waals surface area contributed by atoms with Gasteiger partial charge in [-0.15, -0.1) is 6.42 Å². The Bertz CT molecular complexity index is 357. The molecule has 5 heteroatoms. The van der Waals surface area contributed by atoms with Gasteiger partial charge in [0, 0.05) is 6.54 Å². The molecule has 0 fully saturated rings. The largest absolute Gasteiger partial charge is 0.469 e. The molecule has 0 aliphatic rings. The number of carbonyl (C=O) groups is 2. The molecular formula is C15H26N2O3. The highest BCUT2D eigenvalue weighted by molar-refractivity contribution is 5.79. The van der Waals surface area contributed by atoms with Gasteiger partial charge in [-0.25, -0.2) is 0 Å². The minimum absolute atomic E-state index is 0.113. The van der Waals surface area contributed by atoms with Crippen LogP contribution in [0.4, 0.5) is 0 Å². The molecule has 0 aliphatic heterocycles. The minimum Gasteiger partial charge on any atom is -0.469 e. The van der Waals surface area contributed by atoms with Gasteiger partial charge in [0.15, 0.2) is 0 Å². The van der Waals surface area contributed by atoms with Crippen molar-refractivity contribution in [2.24, 2.45) is 0 Å². The lowest BCUT2D eigenvalue weighted by atomic mass is 9.94. The SMILES string of the molecule is C#CC(CC)(CC)NC(=O)CN(CC)CCC(=O)OC. The molecule has 0 radical (unpaired) electrons. The van der Waals surface area contributed by atoms with Gasteiger partial charge in [-0.1, -0.05) is 26.7 Å². The van der Waals surface area contributed by atoms with Crippen molar-refractivity contribution in [3.8, 4) is 12.3 Å². The van der Waals surface area contributed by atoms with E-state index in [1.165, 1.54) is 7.11 Å². The van der Waals surface area contributed by atoms with Crippen molar-refractivity contribution in [2.75, 3.05) is 26.7 Å². The summed E-state index contributed by atoms with van der Waals surface area (Å²) in [6.07, 6.45) is 7.18. The lowest BCUT2D eigenvalue weighted by Gasteiger charge is -2.28. The van der Waals surface area contributed by atoms with Crippen molar-refractivity contribution < 1.29 is 14.3 Å². The third-order valence-electron chi connectivity index (χ3n) is 3.54. The maximum atomic E-state index is 12.1. The number of carbonyl (C=O) groups excluding carboxylic acids is 2. The van der Waals surface area contributed by atoms with Crippen molar-refractivity contribution in [1.29, 1.82) is 0 Å². The lowest BCUT2D eigenvalue weighted by Crippen LogP contribution is -2.50. The Morgan fingerprint density at radius 3 is 2.30 bits per heavy atom. The highest BCUT2D eigenvalue weighted by atomic mass is 16.5. The van der Waals surface area contributed by atoms with Crippen LogP contribution in [0.15, 0.2) is 0 Å². The second-order valence-corrected chi connectivity index (χ2v) is 4.68. The van der Waals surface area contributed by atoms with Gasteiger partial charge in [0.05, 0.1) is 20.1 Å². The minimum atomic E-state index is -0.571. The number of methoxy groups -OCH3 is 1. The van der Waals surface area contributed by atoms with E-state index in [1.807, 2.05) is 25.7 Å². The standard InChI is InChI=1S/C15H26N2O3/c1-6-15(7-2,8-3)16-13(18)12-17(9-4)11-10-14(19)20-5/h1H,7-12H2,2-5H3,(H,16,18). The Morgan fingerprint density at radius 2 is 1.90 bits per heavy atom. The number of ether oxygens (including phenoxy) is 1. The van der Waals surface area contributed by atoms with Crippen LogP contribution >= 0.6 is 0 Å². The molecule has 5 nitrogen and oxygen atoms in total. The van der Waals surface area contributed by atoms with E-state index < -0.39 is 5.54 Å². The fourth-order valence-corrected chi connectivity index (χ4v) is 1.88. The van der Waals surface area contributed by atoms with Crippen molar-refractivity contribution in [3.63, 3.8) is 0 Å². The molecule has 0 bridgehead atoms. The number of esters is 1. The van der Waals surface area contributed by atoms with Gasteiger partial charge in [-0.05, 0) is 19.4 Å². The van der Waals surface area contributed by atoms with Gasteiger partial charge in [-0.3, -0.25) is 14.5 Å². The first-order valence-corrected chi connectivity index (χ1v) is 7.04. The fraction of sp³-hybridized carbons (Fsp3) is 0.733. The van der Waals surface area contributed by atoms with E-state index in [0.29, 0.717) is 25.9 Å². The number of likely N-dealkylation sites (N-methyl/N-ethyl adjacent to an activating group) is 1. The predicted octanol–water partition coefficient (Wildman–Crippen LogP) is 1.18. The van der Waals surface area contributed by atoms with Crippen LogP contribution in [-0.4, -0.2) is 49.1 Å². The smallest absolute Gasteiger partial charge is 0.306 e. The van der Waals surface area contributed by atoms with E-state index in [4.69, 9.17) is 6.42 Å². The average molecular weight is 282 g/mol. The van der Waals surface area contributed by atoms with E-state index in [-0.39, 0.29) is 24.8 Å². The summed E-state index contributed by atoms with van der Waals surface area (Å²) >= 11 is 0. The van der Waals surface area contributed by atoms with Gasteiger partial charge < -0.3 is 10.1 Å². The van der Waals surface area contributed by atoms with E-state index in [0.717, 1.165) is 0 Å². The average Bonchev–Trinajstić information content (AvgIpc) is 2.48. The fourth-order valence-electron chi connectivity index (χ4n) is 1.88. The zero-order valence-electron chi connectivity index (χ0n) is 13.0. The van der Waals surface area contributed by atoms with Crippen LogP contribution in [0.5, 0.6) is 0 Å². The molecule has 1 N–H and O–H groups in total. The normalized spacial score (nSPS) is 11.0. The van der Waals surface area contributed by atoms with Crippen molar-refractivity contribution in [3.05, 3.63) is 0 Å². The molecule has 1 amide bonds. The number of rotatable bonds is 9. The van der Waals surface area contributed by atoms with Crippen LogP contribution in [0.25, 0.3) is 0 Å². The van der Waals surface area contributed by atoms with Crippen LogP contribution < -0.4 is 5.32 Å². The molecule has 0 aromatic heterocycles. The first-order chi connectivity index (χ1) is 9.46. The molecule has 0 spiro atoms. The Morgan fingerprint density at radius 1 is 1.30 bits per heavy atom. The van der Waals surface area contributed by atoms with Gasteiger partial charge in [0.2, 0.25) is 5.91 Å². The molecule has 20 heavy (non-hydrogen) atoms. The number of nitrogens with zero attached hydrogens (tertiary/aromatic N) is 1. The third kappa shape index (κ3) is 6.07. The number of hydrogen-bond acceptors (Lipinski definition) is 4. The molecule has 0 unspecified atom stereocenters. The number of nitrogens with one attached hydrogen (secondary N) is 1. The van der Waals surface area contributed by atoms with Crippen LogP contribution in [0.2, 0.25) is 0 Å². The van der Waals surface area contributed by atoms with Crippen LogP contribution in [0.1, 0.15) is 40.0 Å². The summed E-state index contributed by atoms with van der Waals surface area (Å²) in [6, 6.07) is 0. The number of amides is 1. The molecule has 0 atom stereocenters. The summed E-state index contributed by atoms with van der Waals surface area (Å²) in [5.41, 5.74) is -0.571. The number of hydrogen-bond donors (Lipinski definition) is 1. The van der Waals surface area contributed by atoms with E-state index >= 15 is 0 Å². The second-order valence-electron chi connectivity index (χ2n) is 4.68. The number of terminal acetylenes is 1. The van der Waals surface area contributed by atoms with Crippen LogP contribution in [0, 0.1) is 12.3 Å². The topological polar surface area (TPSA) is 58.6 Å². The summed E-state index contributed by atoms with van der Waals surface area (Å²) in [5.74, 6) is 2.29. The van der Waals surface area contributed by atoms with Crippen molar-refractivity contribution >= 4 is 11.9 Å². The lowest BCUT2D eigenvalue weighted by molar-refractivity contribution is -0.141. The maximum absolute atomic E-state index is 12.1. The van der Waals surface area contributed by atoms with Crippen molar-refractivity contribution in [1.82, 2.24) is 10.2 Å². The van der Waals surface area contributed by atoms with Gasteiger partial charge in [-0.2, -0.15) is 0 Å². The van der Waals surface area contributed by atoms with Crippen LogP contribution in [0.3, 0.4) is 0 Å². The predicted molar refractivity (Wildman–Crippen MR) is 79.0 cm³/mol. The van der Waals surface area contributed by atoms with Gasteiger partial charge in [0.1, 0.15) is 5.54 Å². The molecular weight excluding hydrogens is 256 g/mol. The summed E-state index contributed by atoms with van der Waals surface area (Å²) in [4.78, 5) is 25.1. The summed E-state index contributed by atoms with van der Waals surface area (Å²) in [5, 5.41) is 2.91. The first-order valence-electron chi connectivity index (χ1n) is 7.04. The van der Waals surface area contributed by atoms with E-state index in [2.05, 4.69) is 16.0 Å². The molecule has 114 valence electrons. The summed E-state index contributed by atoms with van der Waals surface area (Å²) in [7, 11) is 1.36. The van der Waals surface area contributed by atoms with Crippen molar-refractivity contribution in [2.45, 2.75) is 45.6 Å². The summed E-state index contributed by atoms with van der Waals surface area (Å²) < 4.78 is 4.59. The van der Waals surface area contributed by atoms with E-state index in [9.17, 15) is 9.59 Å². The van der Waals surface area contributed by atoms with Crippen LogP contribution in [-0.2, 0) is 14.3 Å². The quantitative estimate of drug-likeness (QED) is 0.509. The first kappa shape index (κ1) is 18.5. The molecule has 0 aromatic rings. The van der Waals surface area contributed by atoms with E-state index in [1.54, 1.807) is 0 Å². The van der Waals surface area contributed by atoms with Gasteiger partial charge in [0.25, 0.3) is 0 Å². The molecule has 0 saturated heterocycles. The Balaban J connectivity index is 4.42. The maximum Gasteiger partial charge on any atom is 0.306 e. The Labute approximate surface area is 122 Å². The molecule has 0 aliphatic carbocycles. The monoisotopic (exact) mass is 282 g/mol. The second kappa shape index (κ2) is 9.38. The highest BCUT2D eigenvalue weighted by Gasteiger charge is 2.25. The molecule has 0 aromatic carbocycles. The Hall–Kier alpha value is -1.54. The highest BCUT2D eigenvalue weighted by Crippen LogP contribution is 2.13. The van der Waals surface area contributed by atoms with Gasteiger partial charge >= 0.3 is 5.97 Å².